The Labute approximate surface area is 124 Å². The lowest BCUT2D eigenvalue weighted by molar-refractivity contribution is 0.103. The molecule has 0 radical (unpaired) electrons. The number of nitrogens with one attached hydrogen (secondary N) is 1. The quantitative estimate of drug-likeness (QED) is 0.680. The highest BCUT2D eigenvalue weighted by atomic mass is 16.1. The molecule has 0 unspecified atom stereocenters. The van der Waals surface area contributed by atoms with Gasteiger partial charge in [-0.05, 0) is 44.9 Å². The minimum Gasteiger partial charge on any atom is -0.358 e. The molecule has 0 saturated heterocycles. The Kier molecular flexibility index (Phi) is 3.17. The Bertz CT molecular complexity index is 832. The largest absolute Gasteiger partial charge is 0.358 e. The molecule has 0 amide bonds. The molecular formula is C19H19NO. The summed E-state index contributed by atoms with van der Waals surface area (Å²) in [4.78, 5) is 16.4. The predicted molar refractivity (Wildman–Crippen MR) is 87.1 cm³/mol. The van der Waals surface area contributed by atoms with Crippen LogP contribution in [0.25, 0.3) is 10.9 Å². The number of rotatable bonds is 2. The summed E-state index contributed by atoms with van der Waals surface area (Å²) in [5.41, 5.74) is 6.84. The maximum atomic E-state index is 13.1. The van der Waals surface area contributed by atoms with Crippen molar-refractivity contribution in [3.63, 3.8) is 0 Å². The van der Waals surface area contributed by atoms with Crippen LogP contribution in [0.5, 0.6) is 0 Å². The first kappa shape index (κ1) is 13.6. The van der Waals surface area contributed by atoms with E-state index in [1.165, 1.54) is 5.56 Å². The van der Waals surface area contributed by atoms with E-state index in [-0.39, 0.29) is 5.78 Å². The van der Waals surface area contributed by atoms with Crippen LogP contribution in [0.4, 0.5) is 0 Å². The third-order valence-corrected chi connectivity index (χ3v) is 4.02. The number of carbonyl (C=O) groups is 1. The third kappa shape index (κ3) is 2.17. The molecule has 0 aliphatic carbocycles. The van der Waals surface area contributed by atoms with Gasteiger partial charge in [0.15, 0.2) is 5.78 Å². The second-order valence-electron chi connectivity index (χ2n) is 5.77. The molecule has 1 aromatic heterocycles. The summed E-state index contributed by atoms with van der Waals surface area (Å²) in [7, 11) is 0. The zero-order valence-electron chi connectivity index (χ0n) is 12.9. The van der Waals surface area contributed by atoms with E-state index < -0.39 is 0 Å². The minimum absolute atomic E-state index is 0.111. The molecule has 1 heterocycles. The maximum absolute atomic E-state index is 13.1. The van der Waals surface area contributed by atoms with E-state index in [1.807, 2.05) is 45.0 Å². The van der Waals surface area contributed by atoms with Crippen LogP contribution < -0.4 is 0 Å². The first-order valence-electron chi connectivity index (χ1n) is 7.19. The fraction of sp³-hybridized carbons (Fsp3) is 0.211. The smallest absolute Gasteiger partial charge is 0.195 e. The maximum Gasteiger partial charge on any atom is 0.195 e. The van der Waals surface area contributed by atoms with Crippen molar-refractivity contribution < 1.29 is 4.79 Å². The number of H-pyrrole nitrogens is 1. The van der Waals surface area contributed by atoms with Gasteiger partial charge in [0.25, 0.3) is 0 Å². The minimum atomic E-state index is 0.111. The number of para-hydroxylation sites is 1. The van der Waals surface area contributed by atoms with Gasteiger partial charge in [0.1, 0.15) is 0 Å². The highest BCUT2D eigenvalue weighted by molar-refractivity contribution is 6.18. The zero-order chi connectivity index (χ0) is 15.1. The van der Waals surface area contributed by atoms with E-state index in [0.29, 0.717) is 0 Å². The van der Waals surface area contributed by atoms with Gasteiger partial charge in [-0.3, -0.25) is 4.79 Å². The summed E-state index contributed by atoms with van der Waals surface area (Å²) in [5, 5.41) is 0.999. The van der Waals surface area contributed by atoms with Crippen LogP contribution >= 0.6 is 0 Å². The second kappa shape index (κ2) is 4.88. The molecule has 2 heteroatoms. The van der Waals surface area contributed by atoms with Gasteiger partial charge in [0.05, 0.1) is 5.56 Å². The molecule has 1 N–H and O–H groups in total. The molecule has 3 aromatic rings. The van der Waals surface area contributed by atoms with Crippen molar-refractivity contribution in [2.24, 2.45) is 0 Å². The van der Waals surface area contributed by atoms with Crippen LogP contribution in [0.2, 0.25) is 0 Å². The number of carbonyl (C=O) groups excluding carboxylic acids is 1. The molecule has 21 heavy (non-hydrogen) atoms. The lowest BCUT2D eigenvalue weighted by atomic mass is 9.92. The zero-order valence-corrected chi connectivity index (χ0v) is 12.9. The normalized spacial score (nSPS) is 11.0. The molecule has 2 nitrogen and oxygen atoms in total. The monoisotopic (exact) mass is 277 g/mol. The van der Waals surface area contributed by atoms with E-state index in [2.05, 4.69) is 24.0 Å². The Morgan fingerprint density at radius 3 is 2.19 bits per heavy atom. The molecule has 2 aromatic carbocycles. The molecule has 0 atom stereocenters. The van der Waals surface area contributed by atoms with E-state index in [0.717, 1.165) is 38.9 Å². The Morgan fingerprint density at radius 1 is 0.905 bits per heavy atom. The van der Waals surface area contributed by atoms with Crippen molar-refractivity contribution >= 4 is 16.7 Å². The molecule has 0 fully saturated rings. The van der Waals surface area contributed by atoms with Gasteiger partial charge < -0.3 is 4.98 Å². The van der Waals surface area contributed by atoms with Gasteiger partial charge in [-0.2, -0.15) is 0 Å². The van der Waals surface area contributed by atoms with Gasteiger partial charge >= 0.3 is 0 Å². The summed E-state index contributed by atoms with van der Waals surface area (Å²) >= 11 is 0. The SMILES string of the molecule is Cc1cc(C)c(C(=O)c2c(C)[nH]c3ccccc23)c(C)c1. The van der Waals surface area contributed by atoms with Crippen LogP contribution in [0, 0.1) is 27.7 Å². The van der Waals surface area contributed by atoms with Crippen LogP contribution in [0.3, 0.4) is 0 Å². The molecule has 0 aliphatic heterocycles. The number of aromatic amines is 1. The van der Waals surface area contributed by atoms with Gasteiger partial charge in [0.2, 0.25) is 0 Å². The number of fused-ring (bicyclic) bond motifs is 1. The third-order valence-electron chi connectivity index (χ3n) is 4.02. The predicted octanol–water partition coefficient (Wildman–Crippen LogP) is 4.63. The summed E-state index contributed by atoms with van der Waals surface area (Å²) in [6.45, 7) is 8.05. The average Bonchev–Trinajstić information content (AvgIpc) is 2.73. The summed E-state index contributed by atoms with van der Waals surface area (Å²) < 4.78 is 0. The van der Waals surface area contributed by atoms with Crippen molar-refractivity contribution in [2.45, 2.75) is 27.7 Å². The van der Waals surface area contributed by atoms with Crippen molar-refractivity contribution in [1.82, 2.24) is 4.98 Å². The van der Waals surface area contributed by atoms with Crippen molar-refractivity contribution in [2.75, 3.05) is 0 Å². The molecule has 0 saturated carbocycles. The van der Waals surface area contributed by atoms with Crippen LogP contribution in [-0.4, -0.2) is 10.8 Å². The summed E-state index contributed by atoms with van der Waals surface area (Å²) in [6.07, 6.45) is 0. The number of aromatic nitrogens is 1. The van der Waals surface area contributed by atoms with Crippen LogP contribution in [-0.2, 0) is 0 Å². The van der Waals surface area contributed by atoms with E-state index in [9.17, 15) is 4.79 Å². The van der Waals surface area contributed by atoms with Crippen molar-refractivity contribution in [1.29, 1.82) is 0 Å². The fourth-order valence-corrected chi connectivity index (χ4v) is 3.23. The lowest BCUT2D eigenvalue weighted by Crippen LogP contribution is -2.07. The molecule has 3 rings (SSSR count). The Balaban J connectivity index is 2.25. The standard InChI is InChI=1S/C19H19NO/c1-11-9-12(2)17(13(3)10-11)19(21)18-14(4)20-16-8-6-5-7-15(16)18/h5-10,20H,1-4H3. The number of hydrogen-bond acceptors (Lipinski definition) is 1. The van der Waals surface area contributed by atoms with Gasteiger partial charge in [-0.15, -0.1) is 0 Å². The van der Waals surface area contributed by atoms with E-state index in [4.69, 9.17) is 0 Å². The fourth-order valence-electron chi connectivity index (χ4n) is 3.23. The highest BCUT2D eigenvalue weighted by Gasteiger charge is 2.20. The summed E-state index contributed by atoms with van der Waals surface area (Å²) in [6, 6.07) is 12.1. The van der Waals surface area contributed by atoms with Gasteiger partial charge in [-0.1, -0.05) is 35.9 Å². The topological polar surface area (TPSA) is 32.9 Å². The van der Waals surface area contributed by atoms with E-state index in [1.54, 1.807) is 0 Å². The number of benzene rings is 2. The molecule has 106 valence electrons. The summed E-state index contributed by atoms with van der Waals surface area (Å²) in [5.74, 6) is 0.111. The molecule has 0 bridgehead atoms. The lowest BCUT2D eigenvalue weighted by Gasteiger charge is -2.10. The number of ketones is 1. The highest BCUT2D eigenvalue weighted by Crippen LogP contribution is 2.27. The van der Waals surface area contributed by atoms with Gasteiger partial charge in [-0.25, -0.2) is 0 Å². The average molecular weight is 277 g/mol. The first-order chi connectivity index (χ1) is 9.99. The molecular weight excluding hydrogens is 258 g/mol. The number of aryl methyl sites for hydroxylation is 4. The van der Waals surface area contributed by atoms with Crippen molar-refractivity contribution in [3.8, 4) is 0 Å². The molecule has 0 aliphatic rings. The van der Waals surface area contributed by atoms with Gasteiger partial charge in [0, 0.05) is 22.2 Å². The van der Waals surface area contributed by atoms with E-state index >= 15 is 0 Å². The second-order valence-corrected chi connectivity index (χ2v) is 5.77. The Morgan fingerprint density at radius 2 is 1.52 bits per heavy atom. The first-order valence-corrected chi connectivity index (χ1v) is 7.19. The number of hydrogen-bond donors (Lipinski definition) is 1. The molecule has 0 spiro atoms. The van der Waals surface area contributed by atoms with Crippen LogP contribution in [0.1, 0.15) is 38.3 Å². The van der Waals surface area contributed by atoms with Crippen molar-refractivity contribution in [3.05, 3.63) is 69.9 Å². The Hall–Kier alpha value is -2.35. The van der Waals surface area contributed by atoms with Crippen LogP contribution in [0.15, 0.2) is 36.4 Å².